The lowest BCUT2D eigenvalue weighted by molar-refractivity contribution is 0.0490. The predicted molar refractivity (Wildman–Crippen MR) is 89.6 cm³/mol. The summed E-state index contributed by atoms with van der Waals surface area (Å²) in [5.74, 6) is 0. The highest BCUT2D eigenvalue weighted by molar-refractivity contribution is 6.35. The number of hydrogen-bond donors (Lipinski definition) is 2. The first kappa shape index (κ1) is 17.4. The van der Waals surface area contributed by atoms with Crippen molar-refractivity contribution in [2.75, 3.05) is 6.54 Å². The monoisotopic (exact) mass is 344 g/mol. The van der Waals surface area contributed by atoms with Crippen molar-refractivity contribution < 1.29 is 9.53 Å². The summed E-state index contributed by atoms with van der Waals surface area (Å²) < 4.78 is 5.31. The number of benzene rings is 1. The summed E-state index contributed by atoms with van der Waals surface area (Å²) in [7, 11) is 0. The predicted octanol–water partition coefficient (Wildman–Crippen LogP) is 4.31. The SMILES string of the molecule is CC(C)(C)OC(=O)NC1CCNC(c2ccc(Cl)cc2Cl)C1. The number of ether oxygens (including phenoxy) is 1. The van der Waals surface area contributed by atoms with Crippen LogP contribution in [0, 0.1) is 0 Å². The van der Waals surface area contributed by atoms with Gasteiger partial charge in [-0.1, -0.05) is 29.3 Å². The third-order valence-electron chi connectivity index (χ3n) is 3.46. The minimum atomic E-state index is -0.490. The van der Waals surface area contributed by atoms with Crippen LogP contribution in [0.3, 0.4) is 0 Å². The van der Waals surface area contributed by atoms with Gasteiger partial charge in [-0.25, -0.2) is 4.79 Å². The molecule has 1 aliphatic heterocycles. The van der Waals surface area contributed by atoms with E-state index in [-0.39, 0.29) is 18.2 Å². The van der Waals surface area contributed by atoms with E-state index in [9.17, 15) is 4.79 Å². The fraction of sp³-hybridized carbons (Fsp3) is 0.562. The Morgan fingerprint density at radius 1 is 1.36 bits per heavy atom. The van der Waals surface area contributed by atoms with Gasteiger partial charge in [-0.15, -0.1) is 0 Å². The number of amides is 1. The van der Waals surface area contributed by atoms with E-state index in [4.69, 9.17) is 27.9 Å². The van der Waals surface area contributed by atoms with Gasteiger partial charge in [0.05, 0.1) is 0 Å². The van der Waals surface area contributed by atoms with Crippen molar-refractivity contribution >= 4 is 29.3 Å². The molecule has 1 aliphatic rings. The Bertz CT molecular complexity index is 543. The molecule has 2 N–H and O–H groups in total. The highest BCUT2D eigenvalue weighted by Crippen LogP contribution is 2.31. The number of rotatable bonds is 2. The molecule has 6 heteroatoms. The zero-order valence-electron chi connectivity index (χ0n) is 13.1. The lowest BCUT2D eigenvalue weighted by atomic mass is 9.94. The smallest absolute Gasteiger partial charge is 0.407 e. The molecule has 1 saturated heterocycles. The van der Waals surface area contributed by atoms with Crippen molar-refractivity contribution in [1.29, 1.82) is 0 Å². The first-order valence-corrected chi connectivity index (χ1v) is 8.18. The molecular weight excluding hydrogens is 323 g/mol. The van der Waals surface area contributed by atoms with Crippen molar-refractivity contribution in [1.82, 2.24) is 10.6 Å². The van der Waals surface area contributed by atoms with E-state index >= 15 is 0 Å². The molecular formula is C16H22Cl2N2O2. The molecule has 1 fully saturated rings. The van der Waals surface area contributed by atoms with Gasteiger partial charge >= 0.3 is 6.09 Å². The molecule has 0 aliphatic carbocycles. The minimum Gasteiger partial charge on any atom is -0.444 e. The Morgan fingerprint density at radius 2 is 2.09 bits per heavy atom. The summed E-state index contributed by atoms with van der Waals surface area (Å²) in [6, 6.07) is 5.66. The zero-order chi connectivity index (χ0) is 16.3. The number of halogens is 2. The quantitative estimate of drug-likeness (QED) is 0.840. The molecule has 4 nitrogen and oxygen atoms in total. The molecule has 0 saturated carbocycles. The second-order valence-electron chi connectivity index (χ2n) is 6.54. The van der Waals surface area contributed by atoms with Gasteiger partial charge in [-0.2, -0.15) is 0 Å². The summed E-state index contributed by atoms with van der Waals surface area (Å²) >= 11 is 12.2. The van der Waals surface area contributed by atoms with Gasteiger partial charge in [-0.05, 0) is 57.9 Å². The summed E-state index contributed by atoms with van der Waals surface area (Å²) in [5, 5.41) is 7.62. The standard InChI is InChI=1S/C16H22Cl2N2O2/c1-16(2,3)22-15(21)20-11-6-7-19-14(9-11)12-5-4-10(17)8-13(12)18/h4-5,8,11,14,19H,6-7,9H2,1-3H3,(H,20,21). The molecule has 0 bridgehead atoms. The molecule has 1 amide bonds. The van der Waals surface area contributed by atoms with Gasteiger partial charge in [0.25, 0.3) is 0 Å². The Balaban J connectivity index is 1.98. The third kappa shape index (κ3) is 5.04. The van der Waals surface area contributed by atoms with Crippen molar-refractivity contribution in [3.05, 3.63) is 33.8 Å². The van der Waals surface area contributed by atoms with Gasteiger partial charge < -0.3 is 15.4 Å². The van der Waals surface area contributed by atoms with Gasteiger partial charge in [0.2, 0.25) is 0 Å². The molecule has 0 radical (unpaired) electrons. The van der Waals surface area contributed by atoms with Crippen LogP contribution in [0.1, 0.15) is 45.2 Å². The number of carbonyl (C=O) groups excluding carboxylic acids is 1. The number of hydrogen-bond acceptors (Lipinski definition) is 3. The van der Waals surface area contributed by atoms with E-state index in [2.05, 4.69) is 10.6 Å². The normalized spacial score (nSPS) is 22.2. The molecule has 1 heterocycles. The zero-order valence-corrected chi connectivity index (χ0v) is 14.6. The van der Waals surface area contributed by atoms with Crippen LogP contribution in [0.15, 0.2) is 18.2 Å². The van der Waals surface area contributed by atoms with E-state index in [1.807, 2.05) is 32.9 Å². The highest BCUT2D eigenvalue weighted by Gasteiger charge is 2.27. The van der Waals surface area contributed by atoms with Crippen LogP contribution < -0.4 is 10.6 Å². The Morgan fingerprint density at radius 3 is 2.73 bits per heavy atom. The van der Waals surface area contributed by atoms with Crippen LogP contribution in [0.5, 0.6) is 0 Å². The molecule has 22 heavy (non-hydrogen) atoms. The molecule has 2 rings (SSSR count). The van der Waals surface area contributed by atoms with E-state index in [1.165, 1.54) is 0 Å². The summed E-state index contributed by atoms with van der Waals surface area (Å²) in [6.07, 6.45) is 1.25. The summed E-state index contributed by atoms with van der Waals surface area (Å²) in [4.78, 5) is 11.9. The van der Waals surface area contributed by atoms with E-state index < -0.39 is 5.60 Å². The first-order valence-electron chi connectivity index (χ1n) is 7.42. The highest BCUT2D eigenvalue weighted by atomic mass is 35.5. The van der Waals surface area contributed by atoms with E-state index in [0.717, 1.165) is 24.9 Å². The average molecular weight is 345 g/mol. The second-order valence-corrected chi connectivity index (χ2v) is 7.38. The van der Waals surface area contributed by atoms with Crippen LogP contribution in [0.2, 0.25) is 10.0 Å². The van der Waals surface area contributed by atoms with Crippen LogP contribution in [-0.2, 0) is 4.74 Å². The Labute approximate surface area is 141 Å². The topological polar surface area (TPSA) is 50.4 Å². The molecule has 2 atom stereocenters. The lowest BCUT2D eigenvalue weighted by Gasteiger charge is -2.32. The Kier molecular flexibility index (Phi) is 5.59. The maximum absolute atomic E-state index is 11.9. The second kappa shape index (κ2) is 7.07. The van der Waals surface area contributed by atoms with Crippen molar-refractivity contribution in [2.45, 2.75) is 51.3 Å². The van der Waals surface area contributed by atoms with E-state index in [0.29, 0.717) is 10.0 Å². The minimum absolute atomic E-state index is 0.0628. The van der Waals surface area contributed by atoms with Crippen LogP contribution >= 0.6 is 23.2 Å². The van der Waals surface area contributed by atoms with Crippen LogP contribution in [0.25, 0.3) is 0 Å². The third-order valence-corrected chi connectivity index (χ3v) is 4.02. The van der Waals surface area contributed by atoms with Crippen molar-refractivity contribution in [3.8, 4) is 0 Å². The van der Waals surface area contributed by atoms with E-state index in [1.54, 1.807) is 6.07 Å². The fourth-order valence-corrected chi connectivity index (χ4v) is 3.08. The maximum Gasteiger partial charge on any atom is 0.407 e. The number of carbonyl (C=O) groups is 1. The lowest BCUT2D eigenvalue weighted by Crippen LogP contribution is -2.45. The molecule has 1 aromatic carbocycles. The largest absolute Gasteiger partial charge is 0.444 e. The summed E-state index contributed by atoms with van der Waals surface area (Å²) in [6.45, 7) is 6.37. The average Bonchev–Trinajstić information content (AvgIpc) is 2.36. The molecule has 1 aromatic rings. The van der Waals surface area contributed by atoms with Crippen molar-refractivity contribution in [2.24, 2.45) is 0 Å². The van der Waals surface area contributed by atoms with Crippen LogP contribution in [-0.4, -0.2) is 24.3 Å². The van der Waals surface area contributed by atoms with Crippen LogP contribution in [0.4, 0.5) is 4.79 Å². The molecule has 2 unspecified atom stereocenters. The number of piperidine rings is 1. The van der Waals surface area contributed by atoms with Gasteiger partial charge in [0.15, 0.2) is 0 Å². The summed E-state index contributed by atoms with van der Waals surface area (Å²) in [5.41, 5.74) is 0.511. The first-order chi connectivity index (χ1) is 10.2. The molecule has 0 aromatic heterocycles. The van der Waals surface area contributed by atoms with Gasteiger partial charge in [-0.3, -0.25) is 0 Å². The molecule has 122 valence electrons. The fourth-order valence-electron chi connectivity index (χ4n) is 2.54. The van der Waals surface area contributed by atoms with Gasteiger partial charge in [0, 0.05) is 22.1 Å². The maximum atomic E-state index is 11.9. The van der Waals surface area contributed by atoms with Crippen molar-refractivity contribution in [3.63, 3.8) is 0 Å². The number of alkyl carbamates (subject to hydrolysis) is 1. The number of nitrogens with one attached hydrogen (secondary N) is 2. The van der Waals surface area contributed by atoms with Gasteiger partial charge in [0.1, 0.15) is 5.60 Å². The molecule has 0 spiro atoms. The Hall–Kier alpha value is -0.970.